The highest BCUT2D eigenvalue weighted by Crippen LogP contribution is 2.31. The Kier molecular flexibility index (Phi) is 3.56. The van der Waals surface area contributed by atoms with E-state index in [0.717, 1.165) is 12.3 Å². The molecule has 0 spiro atoms. The molecule has 7 nitrogen and oxygen atoms in total. The van der Waals surface area contributed by atoms with Gasteiger partial charge in [0, 0.05) is 12.3 Å². The summed E-state index contributed by atoms with van der Waals surface area (Å²) in [5, 5.41) is 19.6. The van der Waals surface area contributed by atoms with Crippen molar-refractivity contribution in [2.24, 2.45) is 0 Å². The number of pyridine rings is 1. The fourth-order valence-corrected chi connectivity index (χ4v) is 1.46. The number of aromatic carboxylic acids is 1. The van der Waals surface area contributed by atoms with Gasteiger partial charge in [-0.25, -0.2) is 14.2 Å². The quantitative estimate of drug-likeness (QED) is 0.681. The topological polar surface area (TPSA) is 103 Å². The molecule has 20 heavy (non-hydrogen) atoms. The Morgan fingerprint density at radius 2 is 2.05 bits per heavy atom. The zero-order valence-electron chi connectivity index (χ0n) is 9.82. The van der Waals surface area contributed by atoms with E-state index in [-0.39, 0.29) is 11.4 Å². The molecule has 1 heterocycles. The molecule has 0 aliphatic rings. The SMILES string of the molecule is O=C(O)c1ccnc(Oc2ccccc2[N+](=O)[O-])c1F. The first-order chi connectivity index (χ1) is 9.50. The molecule has 0 saturated carbocycles. The van der Waals surface area contributed by atoms with Gasteiger partial charge in [0.2, 0.25) is 5.75 Å². The van der Waals surface area contributed by atoms with Gasteiger partial charge >= 0.3 is 11.7 Å². The number of carbonyl (C=O) groups is 1. The van der Waals surface area contributed by atoms with Crippen molar-refractivity contribution < 1.29 is 24.0 Å². The third kappa shape index (κ3) is 2.53. The average molecular weight is 278 g/mol. The number of hydrogen-bond acceptors (Lipinski definition) is 5. The van der Waals surface area contributed by atoms with Gasteiger partial charge in [-0.2, -0.15) is 0 Å². The van der Waals surface area contributed by atoms with Crippen LogP contribution in [0.4, 0.5) is 10.1 Å². The second-order valence-corrected chi connectivity index (χ2v) is 3.61. The maximum atomic E-state index is 13.8. The smallest absolute Gasteiger partial charge is 0.338 e. The number of nitrogens with zero attached hydrogens (tertiary/aromatic N) is 2. The van der Waals surface area contributed by atoms with Crippen LogP contribution in [0.1, 0.15) is 10.4 Å². The van der Waals surface area contributed by atoms with E-state index in [1.54, 1.807) is 0 Å². The molecule has 102 valence electrons. The summed E-state index contributed by atoms with van der Waals surface area (Å²) in [6.45, 7) is 0. The highest BCUT2D eigenvalue weighted by molar-refractivity contribution is 5.88. The number of benzene rings is 1. The average Bonchev–Trinajstić information content (AvgIpc) is 2.41. The summed E-state index contributed by atoms with van der Waals surface area (Å²) >= 11 is 0. The van der Waals surface area contributed by atoms with Crippen LogP contribution >= 0.6 is 0 Å². The normalized spacial score (nSPS) is 10.1. The molecule has 0 fully saturated rings. The maximum absolute atomic E-state index is 13.8. The molecule has 0 aliphatic carbocycles. The first-order valence-electron chi connectivity index (χ1n) is 5.29. The number of nitro benzene ring substituents is 1. The lowest BCUT2D eigenvalue weighted by Gasteiger charge is -2.07. The predicted octanol–water partition coefficient (Wildman–Crippen LogP) is 2.62. The van der Waals surface area contributed by atoms with Crippen molar-refractivity contribution in [2.75, 3.05) is 0 Å². The molecule has 0 saturated heterocycles. The van der Waals surface area contributed by atoms with Gasteiger partial charge in [0.25, 0.3) is 5.88 Å². The van der Waals surface area contributed by atoms with E-state index in [1.807, 2.05) is 0 Å². The number of carboxylic acids is 1. The first kappa shape index (κ1) is 13.4. The minimum atomic E-state index is -1.49. The van der Waals surface area contributed by atoms with Gasteiger partial charge < -0.3 is 9.84 Å². The van der Waals surface area contributed by atoms with Crippen molar-refractivity contribution in [3.63, 3.8) is 0 Å². The van der Waals surface area contributed by atoms with Crippen LogP contribution in [0, 0.1) is 15.9 Å². The number of nitro groups is 1. The second-order valence-electron chi connectivity index (χ2n) is 3.61. The number of para-hydroxylation sites is 2. The highest BCUT2D eigenvalue weighted by atomic mass is 19.1. The van der Waals surface area contributed by atoms with E-state index in [1.165, 1.54) is 24.3 Å². The summed E-state index contributed by atoms with van der Waals surface area (Å²) in [6, 6.07) is 6.27. The van der Waals surface area contributed by atoms with Crippen LogP contribution in [-0.2, 0) is 0 Å². The second kappa shape index (κ2) is 5.31. The Morgan fingerprint density at radius 3 is 2.70 bits per heavy atom. The Morgan fingerprint density at radius 1 is 1.35 bits per heavy atom. The van der Waals surface area contributed by atoms with Gasteiger partial charge in [-0.3, -0.25) is 10.1 Å². The van der Waals surface area contributed by atoms with Crippen molar-refractivity contribution in [3.8, 4) is 11.6 Å². The Labute approximate surface area is 111 Å². The van der Waals surface area contributed by atoms with Crippen molar-refractivity contribution in [2.45, 2.75) is 0 Å². The van der Waals surface area contributed by atoms with E-state index < -0.39 is 28.2 Å². The molecule has 1 aromatic heterocycles. The lowest BCUT2D eigenvalue weighted by molar-refractivity contribution is -0.385. The van der Waals surface area contributed by atoms with Crippen molar-refractivity contribution in [1.82, 2.24) is 4.98 Å². The molecule has 0 radical (unpaired) electrons. The summed E-state index contributed by atoms with van der Waals surface area (Å²) in [6.07, 6.45) is 1.04. The molecule has 1 aromatic carbocycles. The van der Waals surface area contributed by atoms with Crippen LogP contribution in [-0.4, -0.2) is 21.0 Å². The molecule has 0 aliphatic heterocycles. The van der Waals surface area contributed by atoms with E-state index >= 15 is 0 Å². The Hall–Kier alpha value is -3.03. The van der Waals surface area contributed by atoms with Crippen LogP contribution in [0.3, 0.4) is 0 Å². The van der Waals surface area contributed by atoms with Gasteiger partial charge in [-0.1, -0.05) is 12.1 Å². The minimum Gasteiger partial charge on any atom is -0.478 e. The number of hydrogen-bond donors (Lipinski definition) is 1. The minimum absolute atomic E-state index is 0.230. The summed E-state index contributed by atoms with van der Waals surface area (Å²) in [5.41, 5.74) is -1.01. The zero-order valence-corrected chi connectivity index (χ0v) is 9.82. The first-order valence-corrected chi connectivity index (χ1v) is 5.29. The van der Waals surface area contributed by atoms with Crippen LogP contribution in [0.25, 0.3) is 0 Å². The summed E-state index contributed by atoms with van der Waals surface area (Å²) in [7, 11) is 0. The van der Waals surface area contributed by atoms with Crippen LogP contribution in [0.5, 0.6) is 11.6 Å². The molecule has 1 N–H and O–H groups in total. The van der Waals surface area contributed by atoms with E-state index in [9.17, 15) is 19.3 Å². The monoisotopic (exact) mass is 278 g/mol. The third-order valence-electron chi connectivity index (χ3n) is 2.36. The van der Waals surface area contributed by atoms with Gasteiger partial charge in [-0.05, 0) is 12.1 Å². The summed E-state index contributed by atoms with van der Waals surface area (Å²) in [5.74, 6) is -3.55. The third-order valence-corrected chi connectivity index (χ3v) is 2.36. The molecule has 2 rings (SSSR count). The number of halogens is 1. The molecule has 0 bridgehead atoms. The fraction of sp³-hybridized carbons (Fsp3) is 0. The molecule has 0 amide bonds. The molecular formula is C12H7FN2O5. The lowest BCUT2D eigenvalue weighted by Crippen LogP contribution is -2.04. The van der Waals surface area contributed by atoms with Crippen LogP contribution in [0.2, 0.25) is 0 Å². The van der Waals surface area contributed by atoms with Crippen molar-refractivity contribution >= 4 is 11.7 Å². The number of aromatic nitrogens is 1. The molecule has 2 aromatic rings. The zero-order chi connectivity index (χ0) is 14.7. The number of rotatable bonds is 4. The molecule has 8 heteroatoms. The van der Waals surface area contributed by atoms with Crippen molar-refractivity contribution in [3.05, 3.63) is 58.0 Å². The van der Waals surface area contributed by atoms with Gasteiger partial charge in [0.15, 0.2) is 5.82 Å². The summed E-state index contributed by atoms with van der Waals surface area (Å²) in [4.78, 5) is 24.4. The molecule has 0 atom stereocenters. The highest BCUT2D eigenvalue weighted by Gasteiger charge is 2.20. The molecular weight excluding hydrogens is 271 g/mol. The maximum Gasteiger partial charge on any atom is 0.338 e. The predicted molar refractivity (Wildman–Crippen MR) is 64.3 cm³/mol. The van der Waals surface area contributed by atoms with Gasteiger partial charge in [0.1, 0.15) is 5.56 Å². The van der Waals surface area contributed by atoms with Gasteiger partial charge in [0.05, 0.1) is 4.92 Å². The van der Waals surface area contributed by atoms with E-state index in [4.69, 9.17) is 9.84 Å². The van der Waals surface area contributed by atoms with E-state index in [0.29, 0.717) is 0 Å². The van der Waals surface area contributed by atoms with Crippen LogP contribution < -0.4 is 4.74 Å². The lowest BCUT2D eigenvalue weighted by atomic mass is 10.2. The van der Waals surface area contributed by atoms with E-state index in [2.05, 4.69) is 4.98 Å². The number of ether oxygens (including phenoxy) is 1. The molecule has 0 unspecified atom stereocenters. The fourth-order valence-electron chi connectivity index (χ4n) is 1.46. The van der Waals surface area contributed by atoms with Gasteiger partial charge in [-0.15, -0.1) is 0 Å². The van der Waals surface area contributed by atoms with Crippen molar-refractivity contribution in [1.29, 1.82) is 0 Å². The standard InChI is InChI=1S/C12H7FN2O5/c13-10-7(12(16)17)5-6-14-11(10)20-9-4-2-1-3-8(9)15(18)19/h1-6H,(H,16,17). The number of carboxylic acid groups (broad SMARTS) is 1. The Bertz CT molecular complexity index is 689. The Balaban J connectivity index is 2.43. The van der Waals surface area contributed by atoms with Crippen LogP contribution in [0.15, 0.2) is 36.5 Å². The largest absolute Gasteiger partial charge is 0.478 e. The summed E-state index contributed by atoms with van der Waals surface area (Å²) < 4.78 is 18.8.